The van der Waals surface area contributed by atoms with Crippen molar-refractivity contribution in [2.24, 2.45) is 0 Å². The molecule has 37 heavy (non-hydrogen) atoms. The first-order valence-corrected chi connectivity index (χ1v) is 11.8. The van der Waals surface area contributed by atoms with Crippen LogP contribution < -0.4 is 0 Å². The summed E-state index contributed by atoms with van der Waals surface area (Å²) < 4.78 is 102. The molecule has 0 amide bonds. The average Bonchev–Trinajstić information content (AvgIpc) is 3.19. The van der Waals surface area contributed by atoms with Gasteiger partial charge in [0.05, 0.1) is 29.7 Å². The van der Waals surface area contributed by atoms with Crippen molar-refractivity contribution in [3.8, 4) is 0 Å². The molecule has 0 unspecified atom stereocenters. The molecule has 1 heterocycles. The molecule has 0 saturated carbocycles. The van der Waals surface area contributed by atoms with Crippen LogP contribution in [0.1, 0.15) is 34.0 Å². The van der Waals surface area contributed by atoms with Crippen molar-refractivity contribution in [2.45, 2.75) is 30.6 Å². The molecule has 0 bridgehead atoms. The van der Waals surface area contributed by atoms with E-state index >= 15 is 0 Å². The lowest BCUT2D eigenvalue weighted by Crippen LogP contribution is -2.17. The summed E-state index contributed by atoms with van der Waals surface area (Å²) in [6, 6.07) is 13.6. The summed E-state index contributed by atoms with van der Waals surface area (Å²) in [4.78, 5) is 16.5. The number of carbonyl (C=O) groups excluding carboxylic acids is 1. The molecule has 3 aromatic carbocycles. The predicted octanol–water partition coefficient (Wildman–Crippen LogP) is 7.13. The molecule has 194 valence electrons. The zero-order chi connectivity index (χ0) is 26.9. The Labute approximate surface area is 210 Å². The normalized spacial score (nSPS) is 11.8. The van der Waals surface area contributed by atoms with E-state index in [0.717, 1.165) is 5.56 Å². The minimum absolute atomic E-state index is 0.151. The summed E-state index contributed by atoms with van der Waals surface area (Å²) >= 11 is 0.670. The molecule has 0 aliphatic heterocycles. The molecule has 0 spiro atoms. The molecule has 0 aliphatic carbocycles. The second-order valence-corrected chi connectivity index (χ2v) is 8.73. The summed E-state index contributed by atoms with van der Waals surface area (Å²) in [5.41, 5.74) is -1.93. The molecular weight excluding hydrogens is 525 g/mol. The Balaban J connectivity index is 1.75. The number of aromatic nitrogens is 2. The average molecular weight is 542 g/mol. The number of ether oxygens (including phenoxy) is 1. The van der Waals surface area contributed by atoms with Gasteiger partial charge < -0.3 is 9.30 Å². The van der Waals surface area contributed by atoms with Crippen LogP contribution in [0.3, 0.4) is 0 Å². The number of imidazole rings is 1. The number of nitrogens with zero attached hydrogens (tertiary/aromatic N) is 2. The number of fused-ring (bicyclic) bond motifs is 1. The van der Waals surface area contributed by atoms with Gasteiger partial charge in [0.15, 0.2) is 28.4 Å². The van der Waals surface area contributed by atoms with Crippen molar-refractivity contribution in [3.05, 3.63) is 94.1 Å². The molecular formula is C25H17F7N2O2S. The van der Waals surface area contributed by atoms with Gasteiger partial charge in [-0.1, -0.05) is 42.1 Å². The van der Waals surface area contributed by atoms with Crippen LogP contribution in [0.15, 0.2) is 53.7 Å². The van der Waals surface area contributed by atoms with Gasteiger partial charge in [-0.2, -0.15) is 13.2 Å². The maximum Gasteiger partial charge on any atom is 0.422 e. The number of rotatable bonds is 7. The van der Waals surface area contributed by atoms with Crippen LogP contribution in [0.5, 0.6) is 0 Å². The fourth-order valence-electron chi connectivity index (χ4n) is 3.67. The number of carbonyl (C=O) groups is 1. The Morgan fingerprint density at radius 3 is 2.22 bits per heavy atom. The first-order chi connectivity index (χ1) is 17.5. The van der Waals surface area contributed by atoms with Crippen molar-refractivity contribution in [3.63, 3.8) is 0 Å². The van der Waals surface area contributed by atoms with Crippen LogP contribution in [-0.4, -0.2) is 22.1 Å². The Hall–Kier alpha value is -3.54. The lowest BCUT2D eigenvalue weighted by molar-refractivity contribution is -0.143. The highest BCUT2D eigenvalue weighted by atomic mass is 32.2. The van der Waals surface area contributed by atoms with Crippen LogP contribution in [0.25, 0.3) is 11.0 Å². The van der Waals surface area contributed by atoms with E-state index in [2.05, 4.69) is 4.98 Å². The summed E-state index contributed by atoms with van der Waals surface area (Å²) in [6.07, 6.45) is -5.62. The van der Waals surface area contributed by atoms with Gasteiger partial charge in [-0.15, -0.1) is 0 Å². The van der Waals surface area contributed by atoms with E-state index in [0.29, 0.717) is 22.8 Å². The lowest BCUT2D eigenvalue weighted by Gasteiger charge is -2.14. The molecule has 12 heteroatoms. The van der Waals surface area contributed by atoms with Crippen molar-refractivity contribution in [2.75, 3.05) is 6.61 Å². The molecule has 0 radical (unpaired) electrons. The quantitative estimate of drug-likeness (QED) is 0.108. The van der Waals surface area contributed by atoms with E-state index in [1.54, 1.807) is 35.8 Å². The topological polar surface area (TPSA) is 44.1 Å². The van der Waals surface area contributed by atoms with Gasteiger partial charge in [-0.3, -0.25) is 0 Å². The highest BCUT2D eigenvalue weighted by Crippen LogP contribution is 2.38. The Kier molecular flexibility index (Phi) is 7.49. The summed E-state index contributed by atoms with van der Waals surface area (Å²) in [5.74, 6) is -10.6. The minimum Gasteiger partial charge on any atom is -0.462 e. The number of esters is 1. The van der Waals surface area contributed by atoms with Gasteiger partial charge in [0, 0.05) is 11.3 Å². The molecule has 4 rings (SSSR count). The second-order valence-electron chi connectivity index (χ2n) is 7.79. The van der Waals surface area contributed by atoms with Gasteiger partial charge in [0.2, 0.25) is 0 Å². The molecule has 1 aromatic heterocycles. The third-order valence-electron chi connectivity index (χ3n) is 5.39. The van der Waals surface area contributed by atoms with Crippen LogP contribution >= 0.6 is 11.8 Å². The number of alkyl halides is 3. The molecule has 4 aromatic rings. The third kappa shape index (κ3) is 5.29. The van der Waals surface area contributed by atoms with Gasteiger partial charge >= 0.3 is 12.1 Å². The number of thioether (sulfide) groups is 1. The van der Waals surface area contributed by atoms with E-state index in [1.807, 2.05) is 12.1 Å². The summed E-state index contributed by atoms with van der Waals surface area (Å²) in [5, 5.41) is 0.152. The van der Waals surface area contributed by atoms with Crippen molar-refractivity contribution in [1.29, 1.82) is 0 Å². The number of benzene rings is 3. The highest BCUT2D eigenvalue weighted by Gasteiger charge is 2.42. The Morgan fingerprint density at radius 1 is 0.973 bits per heavy atom. The van der Waals surface area contributed by atoms with Gasteiger partial charge in [-0.05, 0) is 30.7 Å². The number of hydrogen-bond acceptors (Lipinski definition) is 4. The zero-order valence-electron chi connectivity index (χ0n) is 19.0. The first kappa shape index (κ1) is 26.5. The maximum atomic E-state index is 14.4. The Morgan fingerprint density at radius 2 is 1.62 bits per heavy atom. The predicted molar refractivity (Wildman–Crippen MR) is 122 cm³/mol. The number of hydrogen-bond donors (Lipinski definition) is 0. The summed E-state index contributed by atoms with van der Waals surface area (Å²) in [6.45, 7) is 2.03. The van der Waals surface area contributed by atoms with Crippen molar-refractivity contribution in [1.82, 2.24) is 9.55 Å². The van der Waals surface area contributed by atoms with E-state index in [-0.39, 0.29) is 23.9 Å². The van der Waals surface area contributed by atoms with Crippen LogP contribution in [0.2, 0.25) is 0 Å². The molecule has 4 nitrogen and oxygen atoms in total. The maximum absolute atomic E-state index is 14.4. The first-order valence-electron chi connectivity index (χ1n) is 10.8. The van der Waals surface area contributed by atoms with Gasteiger partial charge in [0.1, 0.15) is 5.56 Å². The largest absolute Gasteiger partial charge is 0.462 e. The molecule has 0 N–H and O–H groups in total. The monoisotopic (exact) mass is 542 g/mol. The standard InChI is InChI=1S/C25H17F7N2O2S/c1-2-36-23(35)14-8-9-17-16(10-14)33-24(34(17)11-13-6-4-3-5-7-13)37-12-15-19(26)21(28)18(25(30,31)32)22(29)20(15)27/h3-10H,2,11-12H2,1H3. The molecule has 0 saturated heterocycles. The van der Waals surface area contributed by atoms with Crippen molar-refractivity contribution >= 4 is 28.8 Å². The second kappa shape index (κ2) is 10.4. The third-order valence-corrected chi connectivity index (χ3v) is 6.39. The minimum atomic E-state index is -5.62. The molecule has 0 aliphatic rings. The lowest BCUT2D eigenvalue weighted by atomic mass is 10.1. The van der Waals surface area contributed by atoms with Crippen molar-refractivity contribution < 1.29 is 40.3 Å². The van der Waals surface area contributed by atoms with E-state index in [9.17, 15) is 35.5 Å². The number of halogens is 7. The van der Waals surface area contributed by atoms with Crippen LogP contribution in [0, 0.1) is 23.3 Å². The fraction of sp³-hybridized carbons (Fsp3) is 0.200. The van der Waals surface area contributed by atoms with Gasteiger partial charge in [0.25, 0.3) is 0 Å². The smallest absolute Gasteiger partial charge is 0.422 e. The summed E-state index contributed by atoms with van der Waals surface area (Å²) in [7, 11) is 0. The van der Waals surface area contributed by atoms with E-state index < -0.39 is 52.3 Å². The molecule has 0 fully saturated rings. The van der Waals surface area contributed by atoms with E-state index in [1.165, 1.54) is 12.1 Å². The van der Waals surface area contributed by atoms with E-state index in [4.69, 9.17) is 4.74 Å². The van der Waals surface area contributed by atoms with Crippen LogP contribution in [0.4, 0.5) is 30.7 Å². The van der Waals surface area contributed by atoms with Crippen LogP contribution in [-0.2, 0) is 23.2 Å². The fourth-order valence-corrected chi connectivity index (χ4v) is 4.68. The highest BCUT2D eigenvalue weighted by molar-refractivity contribution is 7.98. The Bertz CT molecular complexity index is 1440. The zero-order valence-corrected chi connectivity index (χ0v) is 19.8. The van der Waals surface area contributed by atoms with Gasteiger partial charge in [-0.25, -0.2) is 27.3 Å². The molecule has 0 atom stereocenters. The SMILES string of the molecule is CCOC(=O)c1ccc2c(c1)nc(SCc1c(F)c(F)c(C(F)(F)F)c(F)c1F)n2Cc1ccccc1.